The van der Waals surface area contributed by atoms with Crippen LogP contribution in [-0.2, 0) is 16.6 Å². The molecule has 170 valence electrons. The number of rotatable bonds is 5. The molecule has 0 saturated heterocycles. The Morgan fingerprint density at radius 1 is 1.19 bits per heavy atom. The summed E-state index contributed by atoms with van der Waals surface area (Å²) >= 11 is 0. The molecule has 0 atom stereocenters. The molecule has 1 heterocycles. The highest BCUT2D eigenvalue weighted by Crippen LogP contribution is 2.54. The first-order valence-electron chi connectivity index (χ1n) is 11.6. The van der Waals surface area contributed by atoms with E-state index in [9.17, 15) is 9.90 Å². The highest BCUT2D eigenvalue weighted by molar-refractivity contribution is 5.84. The number of carbonyl (C=O) groups is 1. The van der Waals surface area contributed by atoms with Gasteiger partial charge in [-0.1, -0.05) is 12.8 Å². The second-order valence-electron chi connectivity index (χ2n) is 9.51. The van der Waals surface area contributed by atoms with Crippen LogP contribution in [0.15, 0.2) is 18.5 Å². The first-order valence-corrected chi connectivity index (χ1v) is 11.6. The number of aliphatic carboxylic acids is 1. The van der Waals surface area contributed by atoms with Crippen LogP contribution in [0, 0.1) is 0 Å². The minimum absolute atomic E-state index is 0.0903. The van der Waals surface area contributed by atoms with Gasteiger partial charge in [-0.2, -0.15) is 0 Å². The summed E-state index contributed by atoms with van der Waals surface area (Å²) in [5, 5.41) is 12.5. The zero-order valence-corrected chi connectivity index (χ0v) is 18.3. The third-order valence-corrected chi connectivity index (χ3v) is 7.44. The molecule has 8 heteroatoms. The lowest BCUT2D eigenvalue weighted by molar-refractivity contribution is -0.134. The molecule has 1 aromatic carbocycles. The molecule has 0 amide bonds. The van der Waals surface area contributed by atoms with Gasteiger partial charge in [0.15, 0.2) is 0 Å². The van der Waals surface area contributed by atoms with E-state index < -0.39 is 5.97 Å². The number of carboxylic acids is 1. The van der Waals surface area contributed by atoms with E-state index in [1.807, 2.05) is 12.1 Å². The number of hydrogen-bond donors (Lipinski definition) is 4. The summed E-state index contributed by atoms with van der Waals surface area (Å²) < 4.78 is 6.43. The fraction of sp³-hybridized carbons (Fsp3) is 0.542. The minimum Gasteiger partial charge on any atom is -0.488 e. The van der Waals surface area contributed by atoms with Crippen molar-refractivity contribution in [1.29, 1.82) is 0 Å². The van der Waals surface area contributed by atoms with Crippen molar-refractivity contribution in [3.05, 3.63) is 29.6 Å². The molecule has 1 aromatic heterocycles. The highest BCUT2D eigenvalue weighted by atomic mass is 16.5. The molecule has 32 heavy (non-hydrogen) atoms. The molecule has 0 unspecified atom stereocenters. The molecule has 8 nitrogen and oxygen atoms in total. The first kappa shape index (κ1) is 21.0. The number of carboxylic acid groups (broad SMARTS) is 1. The summed E-state index contributed by atoms with van der Waals surface area (Å²) in [4.78, 5) is 20.4. The third-order valence-electron chi connectivity index (χ3n) is 7.44. The highest BCUT2D eigenvalue weighted by Gasteiger charge is 2.44. The third kappa shape index (κ3) is 3.66. The number of nitrogens with two attached hydrogens (primary N) is 2. The summed E-state index contributed by atoms with van der Waals surface area (Å²) in [7, 11) is 0. The Morgan fingerprint density at radius 2 is 1.94 bits per heavy atom. The van der Waals surface area contributed by atoms with E-state index in [0.717, 1.165) is 85.9 Å². The SMILES string of the molecule is Nc1ncnc2c1C1(CCCC1)Cc1c-2ccc(O[C@H]2CC[C@@H](N)CC2)c1NCC(=O)O. The van der Waals surface area contributed by atoms with Crippen molar-refractivity contribution in [1.82, 2.24) is 9.97 Å². The number of fused-ring (bicyclic) bond motifs is 4. The normalized spacial score (nSPS) is 23.4. The summed E-state index contributed by atoms with van der Waals surface area (Å²) in [6.07, 6.45) is 10.4. The van der Waals surface area contributed by atoms with Crippen molar-refractivity contribution < 1.29 is 14.6 Å². The molecule has 0 aliphatic heterocycles. The number of anilines is 2. The van der Waals surface area contributed by atoms with Crippen LogP contribution in [0.25, 0.3) is 11.3 Å². The van der Waals surface area contributed by atoms with Gasteiger partial charge in [0.1, 0.15) is 24.4 Å². The maximum absolute atomic E-state index is 11.4. The molecule has 3 aliphatic carbocycles. The predicted octanol–water partition coefficient (Wildman–Crippen LogP) is 3.24. The monoisotopic (exact) mass is 437 g/mol. The van der Waals surface area contributed by atoms with Crippen LogP contribution >= 0.6 is 0 Å². The van der Waals surface area contributed by atoms with Gasteiger partial charge in [-0.25, -0.2) is 9.97 Å². The molecule has 1 spiro atoms. The molecule has 2 fully saturated rings. The van der Waals surface area contributed by atoms with Crippen LogP contribution in [0.2, 0.25) is 0 Å². The Hall–Kier alpha value is -2.87. The lowest BCUT2D eigenvalue weighted by Crippen LogP contribution is -2.33. The van der Waals surface area contributed by atoms with E-state index in [0.29, 0.717) is 11.6 Å². The van der Waals surface area contributed by atoms with Crippen LogP contribution in [0.4, 0.5) is 11.5 Å². The Bertz CT molecular complexity index is 1030. The molecular weight excluding hydrogens is 406 g/mol. The van der Waals surface area contributed by atoms with Crippen molar-refractivity contribution in [2.24, 2.45) is 5.73 Å². The van der Waals surface area contributed by atoms with E-state index in [-0.39, 0.29) is 24.1 Å². The van der Waals surface area contributed by atoms with Crippen molar-refractivity contribution in [2.45, 2.75) is 75.3 Å². The molecule has 5 rings (SSSR count). The number of nitrogens with zero attached hydrogens (tertiary/aromatic N) is 2. The summed E-state index contributed by atoms with van der Waals surface area (Å²) in [6, 6.07) is 4.22. The lowest BCUT2D eigenvalue weighted by Gasteiger charge is -2.38. The molecule has 0 bridgehead atoms. The van der Waals surface area contributed by atoms with Gasteiger partial charge in [-0.15, -0.1) is 0 Å². The number of nitrogen functional groups attached to an aromatic ring is 1. The minimum atomic E-state index is -0.907. The number of benzene rings is 1. The van der Waals surface area contributed by atoms with Crippen LogP contribution in [0.3, 0.4) is 0 Å². The Balaban J connectivity index is 1.60. The van der Waals surface area contributed by atoms with E-state index >= 15 is 0 Å². The molecule has 2 saturated carbocycles. The molecule has 0 radical (unpaired) electrons. The van der Waals surface area contributed by atoms with Crippen molar-refractivity contribution >= 4 is 17.5 Å². The predicted molar refractivity (Wildman–Crippen MR) is 123 cm³/mol. The van der Waals surface area contributed by atoms with E-state index in [4.69, 9.17) is 16.2 Å². The molecule has 3 aliphatic rings. The smallest absolute Gasteiger partial charge is 0.322 e. The van der Waals surface area contributed by atoms with Crippen molar-refractivity contribution in [3.8, 4) is 17.0 Å². The van der Waals surface area contributed by atoms with Crippen LogP contribution in [0.1, 0.15) is 62.5 Å². The molecular formula is C24H31N5O3. The van der Waals surface area contributed by atoms with Crippen molar-refractivity contribution in [3.63, 3.8) is 0 Å². The van der Waals surface area contributed by atoms with E-state index in [1.165, 1.54) is 6.33 Å². The van der Waals surface area contributed by atoms with Gasteiger partial charge in [0.2, 0.25) is 0 Å². The van der Waals surface area contributed by atoms with Gasteiger partial charge in [0.25, 0.3) is 0 Å². The van der Waals surface area contributed by atoms with Gasteiger partial charge in [-0.05, 0) is 62.6 Å². The number of nitrogens with one attached hydrogen (secondary N) is 1. The summed E-state index contributed by atoms with van der Waals surface area (Å²) in [5.74, 6) is 0.362. The van der Waals surface area contributed by atoms with Gasteiger partial charge in [0.05, 0.1) is 17.5 Å². The average molecular weight is 438 g/mol. The Kier molecular flexibility index (Phi) is 5.41. The van der Waals surface area contributed by atoms with Gasteiger partial charge in [-0.3, -0.25) is 4.79 Å². The zero-order valence-electron chi connectivity index (χ0n) is 18.3. The quantitative estimate of drug-likeness (QED) is 0.560. The van der Waals surface area contributed by atoms with Gasteiger partial charge < -0.3 is 26.6 Å². The zero-order chi connectivity index (χ0) is 22.3. The standard InChI is InChI=1S/C24H31N5O3/c25-14-3-5-15(6-4-14)32-18-8-7-16-17(21(18)27-12-19(30)31)11-24(9-1-2-10-24)20-22(16)28-13-29-23(20)26/h7-8,13-15,27H,1-6,9-12,25H2,(H,30,31)(H2,26,28,29)/t14-,15+. The fourth-order valence-corrected chi connectivity index (χ4v) is 5.91. The van der Waals surface area contributed by atoms with Crippen LogP contribution in [0.5, 0.6) is 5.75 Å². The van der Waals surface area contributed by atoms with Crippen molar-refractivity contribution in [2.75, 3.05) is 17.6 Å². The molecule has 6 N–H and O–H groups in total. The van der Waals surface area contributed by atoms with Gasteiger partial charge >= 0.3 is 5.97 Å². The Labute approximate surface area is 187 Å². The summed E-state index contributed by atoms with van der Waals surface area (Å²) in [5.41, 5.74) is 17.1. The van der Waals surface area contributed by atoms with Crippen LogP contribution in [-0.4, -0.2) is 39.7 Å². The fourth-order valence-electron chi connectivity index (χ4n) is 5.91. The number of ether oxygens (including phenoxy) is 1. The summed E-state index contributed by atoms with van der Waals surface area (Å²) in [6.45, 7) is -0.172. The maximum atomic E-state index is 11.4. The molecule has 2 aromatic rings. The second-order valence-corrected chi connectivity index (χ2v) is 9.51. The topological polar surface area (TPSA) is 136 Å². The van der Waals surface area contributed by atoms with E-state index in [1.54, 1.807) is 0 Å². The Morgan fingerprint density at radius 3 is 2.66 bits per heavy atom. The lowest BCUT2D eigenvalue weighted by atomic mass is 9.67. The maximum Gasteiger partial charge on any atom is 0.322 e. The van der Waals surface area contributed by atoms with Crippen LogP contribution < -0.4 is 21.5 Å². The average Bonchev–Trinajstić information content (AvgIpc) is 3.23. The van der Waals surface area contributed by atoms with Gasteiger partial charge in [0, 0.05) is 22.6 Å². The van der Waals surface area contributed by atoms with E-state index in [2.05, 4.69) is 15.3 Å². The first-order chi connectivity index (χ1) is 15.5. The number of aromatic nitrogens is 2. The largest absolute Gasteiger partial charge is 0.488 e. The number of hydrogen-bond acceptors (Lipinski definition) is 7. The second kappa shape index (κ2) is 8.24.